The minimum absolute atomic E-state index is 0.0557. The Morgan fingerprint density at radius 1 is 0.600 bits per heavy atom. The quantitative estimate of drug-likeness (QED) is 0.326. The Morgan fingerprint density at radius 3 is 1.33 bits per heavy atom. The Hall–Kier alpha value is -3.22. The lowest BCUT2D eigenvalue weighted by Gasteiger charge is -2.31. The fourth-order valence-corrected chi connectivity index (χ4v) is 8.29. The van der Waals surface area contributed by atoms with Crippen molar-refractivity contribution in [2.45, 2.75) is 6.92 Å². The first-order valence-electron chi connectivity index (χ1n) is 9.84. The molecule has 3 heteroatoms. The van der Waals surface area contributed by atoms with E-state index in [2.05, 4.69) is 36.4 Å². The van der Waals surface area contributed by atoms with Crippen molar-refractivity contribution < 1.29 is 9.18 Å². The summed E-state index contributed by atoms with van der Waals surface area (Å²) < 4.78 is 13.5. The van der Waals surface area contributed by atoms with Gasteiger partial charge in [-0.05, 0) is 54.0 Å². The largest absolute Gasteiger partial charge is 0.289 e. The van der Waals surface area contributed by atoms with Gasteiger partial charge in [-0.15, -0.1) is 0 Å². The molecule has 0 aliphatic heterocycles. The lowest BCUT2D eigenvalue weighted by molar-refractivity contribution is 0.106. The van der Waals surface area contributed by atoms with Gasteiger partial charge in [0.1, 0.15) is 5.82 Å². The van der Waals surface area contributed by atoms with Gasteiger partial charge in [-0.3, -0.25) is 4.79 Å². The molecule has 4 rings (SSSR count). The van der Waals surface area contributed by atoms with Gasteiger partial charge in [-0.1, -0.05) is 91.0 Å². The third kappa shape index (κ3) is 3.56. The summed E-state index contributed by atoms with van der Waals surface area (Å²) in [5, 5.41) is 4.14. The van der Waals surface area contributed by atoms with E-state index < -0.39 is 6.89 Å². The highest BCUT2D eigenvalue weighted by molar-refractivity contribution is 7.96. The summed E-state index contributed by atoms with van der Waals surface area (Å²) >= 11 is 0. The second-order valence-electron chi connectivity index (χ2n) is 7.10. The summed E-state index contributed by atoms with van der Waals surface area (Å²) in [6.45, 7) is -0.467. The monoisotopic (exact) mass is 412 g/mol. The number of Topliss-reactive ketones (excluding diaryl/α,β-unsaturated/α-hetero) is 1. The molecule has 0 heterocycles. The van der Waals surface area contributed by atoms with E-state index in [1.165, 1.54) is 12.1 Å². The molecule has 148 valence electrons. The molecule has 0 unspecified atom stereocenters. The summed E-state index contributed by atoms with van der Waals surface area (Å²) in [6.07, 6.45) is 0. The van der Waals surface area contributed by atoms with Crippen molar-refractivity contribution in [1.29, 1.82) is 0 Å². The maximum Gasteiger partial charge on any atom is 0.189 e. The molecule has 0 N–H and O–H groups in total. The highest BCUT2D eigenvalue weighted by Crippen LogP contribution is 2.46. The zero-order chi connectivity index (χ0) is 21.0. The SMILES string of the molecule is CC(C(=O)c1ccc(F)cc1)=P(c1ccccc1)(c1ccccc1)c1ccccc1. The minimum Gasteiger partial charge on any atom is -0.289 e. The molecule has 0 aliphatic rings. The van der Waals surface area contributed by atoms with Crippen molar-refractivity contribution in [3.63, 3.8) is 0 Å². The summed E-state index contributed by atoms with van der Waals surface area (Å²) in [4.78, 5) is 13.7. The molecule has 30 heavy (non-hydrogen) atoms. The average molecular weight is 412 g/mol. The molecule has 0 amide bonds. The predicted octanol–water partition coefficient (Wildman–Crippen LogP) is 5.19. The van der Waals surface area contributed by atoms with Crippen LogP contribution in [0.4, 0.5) is 4.39 Å². The first-order chi connectivity index (χ1) is 14.6. The molecule has 4 aromatic rings. The Morgan fingerprint density at radius 2 is 0.967 bits per heavy atom. The molecule has 4 aromatic carbocycles. The van der Waals surface area contributed by atoms with Crippen LogP contribution in [0.5, 0.6) is 0 Å². The van der Waals surface area contributed by atoms with Crippen molar-refractivity contribution in [2.24, 2.45) is 0 Å². The molecule has 0 saturated carbocycles. The van der Waals surface area contributed by atoms with Crippen LogP contribution in [0, 0.1) is 5.82 Å². The third-order valence-corrected chi connectivity index (χ3v) is 9.80. The molecular formula is C27H22FOP. The zero-order valence-electron chi connectivity index (χ0n) is 16.7. The molecule has 0 aromatic heterocycles. The molecule has 1 nitrogen and oxygen atoms in total. The van der Waals surface area contributed by atoms with E-state index in [4.69, 9.17) is 0 Å². The van der Waals surface area contributed by atoms with Crippen molar-refractivity contribution in [3.05, 3.63) is 127 Å². The summed E-state index contributed by atoms with van der Waals surface area (Å²) in [6, 6.07) is 36.5. The number of benzene rings is 4. The first-order valence-corrected chi connectivity index (χ1v) is 11.6. The molecule has 0 atom stereocenters. The van der Waals surface area contributed by atoms with E-state index in [1.54, 1.807) is 12.1 Å². The first kappa shape index (κ1) is 20.1. The average Bonchev–Trinajstić information content (AvgIpc) is 2.82. The minimum atomic E-state index is -2.40. The van der Waals surface area contributed by atoms with Gasteiger partial charge in [0.05, 0.1) is 0 Å². The smallest absolute Gasteiger partial charge is 0.189 e. The van der Waals surface area contributed by atoms with E-state index in [-0.39, 0.29) is 11.6 Å². The van der Waals surface area contributed by atoms with E-state index in [0.29, 0.717) is 5.56 Å². The molecule has 0 radical (unpaired) electrons. The predicted molar refractivity (Wildman–Crippen MR) is 127 cm³/mol. The number of hydrogen-bond acceptors (Lipinski definition) is 1. The molecule has 0 fully saturated rings. The molecule has 0 bridgehead atoms. The van der Waals surface area contributed by atoms with Crippen LogP contribution in [0.25, 0.3) is 0 Å². The number of rotatable bonds is 5. The Balaban J connectivity index is 2.13. The van der Waals surface area contributed by atoms with E-state index in [0.717, 1.165) is 21.2 Å². The summed E-state index contributed by atoms with van der Waals surface area (Å²) in [5.74, 6) is -0.403. The summed E-state index contributed by atoms with van der Waals surface area (Å²) in [5.41, 5.74) is 0.501. The topological polar surface area (TPSA) is 17.1 Å². The highest BCUT2D eigenvalue weighted by atomic mass is 31.2. The molecule has 0 saturated heterocycles. The van der Waals surface area contributed by atoms with Gasteiger partial charge in [-0.2, -0.15) is 0 Å². The van der Waals surface area contributed by atoms with Gasteiger partial charge in [-0.25, -0.2) is 4.39 Å². The van der Waals surface area contributed by atoms with Gasteiger partial charge in [0.2, 0.25) is 0 Å². The Labute approximate surface area is 176 Å². The van der Waals surface area contributed by atoms with E-state index >= 15 is 0 Å². The maximum atomic E-state index is 13.7. The molecule has 0 spiro atoms. The van der Waals surface area contributed by atoms with Crippen molar-refractivity contribution in [1.82, 2.24) is 0 Å². The van der Waals surface area contributed by atoms with Crippen molar-refractivity contribution >= 4 is 33.9 Å². The molecule has 0 aliphatic carbocycles. The second kappa shape index (κ2) is 8.65. The van der Waals surface area contributed by atoms with Crippen LogP contribution in [-0.2, 0) is 0 Å². The fraction of sp³-hybridized carbons (Fsp3) is 0.0370. The van der Waals surface area contributed by atoms with Crippen LogP contribution in [0.1, 0.15) is 17.3 Å². The standard InChI is InChI=1S/C27H22FOP/c1-21(27(29)22-17-19-23(28)20-18-22)30(24-11-5-2-6-12-24,25-13-7-3-8-14-25)26-15-9-4-10-16-26/h2-20H,1H3. The lowest BCUT2D eigenvalue weighted by Crippen LogP contribution is -2.32. The molecular weight excluding hydrogens is 390 g/mol. The lowest BCUT2D eigenvalue weighted by atomic mass is 10.1. The number of hydrogen-bond donors (Lipinski definition) is 0. The van der Waals surface area contributed by atoms with Crippen molar-refractivity contribution in [2.75, 3.05) is 0 Å². The van der Waals surface area contributed by atoms with Gasteiger partial charge in [0.15, 0.2) is 5.78 Å². The second-order valence-corrected chi connectivity index (χ2v) is 10.7. The van der Waals surface area contributed by atoms with Gasteiger partial charge < -0.3 is 0 Å². The van der Waals surface area contributed by atoms with Crippen LogP contribution in [0.15, 0.2) is 115 Å². The van der Waals surface area contributed by atoms with Gasteiger partial charge in [0.25, 0.3) is 0 Å². The Kier molecular flexibility index (Phi) is 5.79. The zero-order valence-corrected chi connectivity index (χ0v) is 17.6. The third-order valence-electron chi connectivity index (χ3n) is 5.37. The number of carbonyl (C=O) groups is 1. The Bertz CT molecular complexity index is 1090. The van der Waals surface area contributed by atoms with Crippen LogP contribution in [0.3, 0.4) is 0 Å². The van der Waals surface area contributed by atoms with Crippen molar-refractivity contribution in [3.8, 4) is 0 Å². The van der Waals surface area contributed by atoms with Crippen LogP contribution in [0.2, 0.25) is 0 Å². The number of carbonyl (C=O) groups excluding carboxylic acids is 1. The maximum absolute atomic E-state index is 13.7. The van der Waals surface area contributed by atoms with Crippen LogP contribution in [-0.4, -0.2) is 11.1 Å². The fourth-order valence-electron chi connectivity index (χ4n) is 3.95. The van der Waals surface area contributed by atoms with Crippen LogP contribution < -0.4 is 15.9 Å². The normalized spacial score (nSPS) is 11.1. The van der Waals surface area contributed by atoms with Crippen LogP contribution >= 0.6 is 6.89 Å². The number of halogens is 1. The van der Waals surface area contributed by atoms with E-state index in [9.17, 15) is 9.18 Å². The highest BCUT2D eigenvalue weighted by Gasteiger charge is 2.30. The summed E-state index contributed by atoms with van der Waals surface area (Å²) in [7, 11) is 0. The van der Waals surface area contributed by atoms with Gasteiger partial charge in [0, 0.05) is 10.9 Å². The van der Waals surface area contributed by atoms with Gasteiger partial charge >= 0.3 is 0 Å². The number of ketones is 1. The van der Waals surface area contributed by atoms with E-state index in [1.807, 2.05) is 61.5 Å².